The largest absolute Gasteiger partial charge is 0.375 e. The average molecular weight is 543 g/mol. The summed E-state index contributed by atoms with van der Waals surface area (Å²) in [7, 11) is 15.8. The van der Waals surface area contributed by atoms with Gasteiger partial charge in [0.1, 0.15) is 22.8 Å². The zero-order chi connectivity index (χ0) is 30.0. The summed E-state index contributed by atoms with van der Waals surface area (Å²) in [6, 6.07) is 5.11. The molecule has 1 aromatic carbocycles. The minimum Gasteiger partial charge on any atom is -0.375 e. The van der Waals surface area contributed by atoms with Crippen molar-refractivity contribution in [2.75, 3.05) is 24.6 Å². The van der Waals surface area contributed by atoms with Crippen molar-refractivity contribution in [1.29, 1.82) is 0 Å². The maximum atomic E-state index is 14.5. The summed E-state index contributed by atoms with van der Waals surface area (Å²) in [4.78, 5) is 20.2. The van der Waals surface area contributed by atoms with E-state index in [1.165, 1.54) is 16.8 Å². The van der Waals surface area contributed by atoms with Gasteiger partial charge in [0.05, 0.1) is 47.6 Å². The van der Waals surface area contributed by atoms with Crippen LogP contribution in [0.3, 0.4) is 0 Å². The molecule has 40 heavy (non-hydrogen) atoms. The molecule has 0 aliphatic carbocycles. The Morgan fingerprint density at radius 1 is 0.975 bits per heavy atom. The predicted molar refractivity (Wildman–Crippen MR) is 158 cm³/mol. The van der Waals surface area contributed by atoms with Gasteiger partial charge in [-0.2, -0.15) is 10.1 Å². The Morgan fingerprint density at radius 3 is 2.20 bits per heavy atom. The van der Waals surface area contributed by atoms with Crippen molar-refractivity contribution in [1.82, 2.24) is 29.7 Å². The van der Waals surface area contributed by atoms with E-state index < -0.39 is 16.9 Å². The van der Waals surface area contributed by atoms with Gasteiger partial charge in [0.15, 0.2) is 5.65 Å². The van der Waals surface area contributed by atoms with Crippen molar-refractivity contribution >= 4 is 40.7 Å². The third kappa shape index (κ3) is 8.33. The fourth-order valence-electron chi connectivity index (χ4n) is 3.61. The molecule has 0 saturated carbocycles. The summed E-state index contributed by atoms with van der Waals surface area (Å²) in [5.41, 5.74) is 2.72. The highest BCUT2D eigenvalue weighted by atomic mass is 19.1. The average Bonchev–Trinajstić information content (AvgIpc) is 3.48. The SMILES string of the molecule is CC.CC.Cc1nc2nc(N3CCOC(C)C3)nc(-c3ccc(F)cc3F)c2nc1C.[B]C([B])([B])n1cccn1. The fraction of sp³-hybridized carbons (Fsp3) is 0.444. The summed E-state index contributed by atoms with van der Waals surface area (Å²) in [6.07, 6.45) is 3.19. The molecule has 1 saturated heterocycles. The lowest BCUT2D eigenvalue weighted by Gasteiger charge is -2.31. The van der Waals surface area contributed by atoms with Crippen LogP contribution in [0.1, 0.15) is 46.0 Å². The molecule has 3 aromatic heterocycles. The van der Waals surface area contributed by atoms with Crippen molar-refractivity contribution in [3.05, 3.63) is 59.7 Å². The summed E-state index contributed by atoms with van der Waals surface area (Å²) in [5.74, 6) is -0.903. The van der Waals surface area contributed by atoms with Crippen LogP contribution in [0.25, 0.3) is 22.4 Å². The van der Waals surface area contributed by atoms with Crippen LogP contribution in [0.4, 0.5) is 14.7 Å². The standard InChI is InChI=1S/C19H19F2N5O.C4H3B3N2.2C2H6/c1-10-9-26(6-7-27-10)19-24-16(14-5-4-13(20)8-15(14)21)17-18(25-19)23-12(3)11(2)22-17;5-4(6,7)9-3-1-2-8-9;2*1-2/h4-5,8,10H,6-7,9H2,1-3H3;1-3H;2*1-2H3. The van der Waals surface area contributed by atoms with Gasteiger partial charge in [-0.15, -0.1) is 0 Å². The Balaban J connectivity index is 0.000000362. The van der Waals surface area contributed by atoms with Crippen LogP contribution in [-0.4, -0.2) is 79.1 Å². The molecule has 4 heterocycles. The zero-order valence-corrected chi connectivity index (χ0v) is 24.2. The first-order valence-electron chi connectivity index (χ1n) is 13.2. The number of aromatic nitrogens is 6. The summed E-state index contributed by atoms with van der Waals surface area (Å²) in [5, 5.41) is 2.36. The van der Waals surface area contributed by atoms with E-state index >= 15 is 0 Å². The highest BCUT2D eigenvalue weighted by molar-refractivity contribution is 6.56. The van der Waals surface area contributed by atoms with Crippen LogP contribution in [0.5, 0.6) is 0 Å². The van der Waals surface area contributed by atoms with Crippen LogP contribution in [-0.2, 0) is 9.97 Å². The van der Waals surface area contributed by atoms with Gasteiger partial charge in [-0.3, -0.25) is 4.68 Å². The molecule has 4 aromatic rings. The van der Waals surface area contributed by atoms with Crippen molar-refractivity contribution in [3.8, 4) is 11.3 Å². The first-order valence-corrected chi connectivity index (χ1v) is 13.2. The molecule has 0 bridgehead atoms. The third-order valence-electron chi connectivity index (χ3n) is 5.54. The van der Waals surface area contributed by atoms with Crippen LogP contribution < -0.4 is 4.90 Å². The van der Waals surface area contributed by atoms with Crippen LogP contribution in [0, 0.1) is 25.5 Å². The molecule has 5 rings (SSSR count). The first kappa shape index (κ1) is 32.9. The molecule has 13 heteroatoms. The van der Waals surface area contributed by atoms with E-state index in [4.69, 9.17) is 28.3 Å². The molecule has 1 atom stereocenters. The number of benzene rings is 1. The highest BCUT2D eigenvalue weighted by Crippen LogP contribution is 2.29. The molecule has 1 aliphatic heterocycles. The summed E-state index contributed by atoms with van der Waals surface area (Å²) < 4.78 is 34.7. The van der Waals surface area contributed by atoms with E-state index in [1.807, 2.05) is 53.4 Å². The molecule has 8 nitrogen and oxygen atoms in total. The number of morpholine rings is 1. The first-order chi connectivity index (χ1) is 19.0. The molecular weight excluding hydrogens is 509 g/mol. The molecule has 1 unspecified atom stereocenters. The molecule has 206 valence electrons. The second-order valence-electron chi connectivity index (χ2n) is 8.53. The maximum absolute atomic E-state index is 14.5. The van der Waals surface area contributed by atoms with E-state index in [-0.39, 0.29) is 11.7 Å². The predicted octanol–water partition coefficient (Wildman–Crippen LogP) is 4.22. The van der Waals surface area contributed by atoms with Gasteiger partial charge in [-0.1, -0.05) is 27.7 Å². The Hall–Kier alpha value is -3.34. The number of fused-ring (bicyclic) bond motifs is 1. The van der Waals surface area contributed by atoms with E-state index in [0.29, 0.717) is 48.2 Å². The molecule has 1 fully saturated rings. The number of hydrogen-bond acceptors (Lipinski definition) is 7. The maximum Gasteiger partial charge on any atom is 0.228 e. The molecule has 0 spiro atoms. The number of hydrogen-bond donors (Lipinski definition) is 0. The van der Waals surface area contributed by atoms with Gasteiger partial charge in [0.2, 0.25) is 5.95 Å². The minimum absolute atomic E-state index is 0.0369. The smallest absolute Gasteiger partial charge is 0.228 e. The van der Waals surface area contributed by atoms with Gasteiger partial charge in [-0.25, -0.2) is 23.7 Å². The van der Waals surface area contributed by atoms with Gasteiger partial charge >= 0.3 is 0 Å². The zero-order valence-electron chi connectivity index (χ0n) is 24.2. The lowest BCUT2D eigenvalue weighted by atomic mass is 9.49. The van der Waals surface area contributed by atoms with Crippen molar-refractivity contribution in [3.63, 3.8) is 0 Å². The second kappa shape index (κ2) is 14.9. The van der Waals surface area contributed by atoms with Gasteiger partial charge in [0, 0.05) is 37.1 Å². The topological polar surface area (TPSA) is 81.9 Å². The van der Waals surface area contributed by atoms with Gasteiger partial charge < -0.3 is 9.64 Å². The number of aryl methyl sites for hydroxylation is 2. The van der Waals surface area contributed by atoms with E-state index in [0.717, 1.165) is 11.8 Å². The second-order valence-corrected chi connectivity index (χ2v) is 8.53. The summed E-state index contributed by atoms with van der Waals surface area (Å²) in [6.45, 7) is 15.4. The Kier molecular flexibility index (Phi) is 12.2. The molecule has 0 amide bonds. The number of ether oxygens (including phenoxy) is 1. The molecule has 6 radical (unpaired) electrons. The third-order valence-corrected chi connectivity index (χ3v) is 5.54. The lowest BCUT2D eigenvalue weighted by Crippen LogP contribution is -2.42. The number of halogens is 2. The number of rotatable bonds is 3. The van der Waals surface area contributed by atoms with Crippen LogP contribution in [0.2, 0.25) is 0 Å². The Morgan fingerprint density at radius 2 is 1.65 bits per heavy atom. The Bertz CT molecular complexity index is 1370. The highest BCUT2D eigenvalue weighted by Gasteiger charge is 2.23. The number of anilines is 1. The molecule has 1 aliphatic rings. The Labute approximate surface area is 239 Å². The molecule has 0 N–H and O–H groups in total. The van der Waals surface area contributed by atoms with E-state index in [2.05, 4.69) is 25.0 Å². The minimum atomic E-state index is -1.37. The van der Waals surface area contributed by atoms with E-state index in [9.17, 15) is 8.78 Å². The quantitative estimate of drug-likeness (QED) is 0.359. The monoisotopic (exact) mass is 543 g/mol. The molecular formula is C27H34B3F2N7O. The number of nitrogens with zero attached hydrogens (tertiary/aromatic N) is 7. The lowest BCUT2D eigenvalue weighted by molar-refractivity contribution is 0.0526. The normalized spacial score (nSPS) is 14.7. The fourth-order valence-corrected chi connectivity index (χ4v) is 3.61. The van der Waals surface area contributed by atoms with Gasteiger partial charge in [0.25, 0.3) is 0 Å². The van der Waals surface area contributed by atoms with Crippen LogP contribution >= 0.6 is 0 Å². The van der Waals surface area contributed by atoms with E-state index in [1.54, 1.807) is 18.5 Å². The van der Waals surface area contributed by atoms with Crippen LogP contribution in [0.15, 0.2) is 36.7 Å². The summed E-state index contributed by atoms with van der Waals surface area (Å²) >= 11 is 0. The van der Waals surface area contributed by atoms with Gasteiger partial charge in [-0.05, 0) is 44.2 Å². The van der Waals surface area contributed by atoms with Crippen molar-refractivity contribution in [2.24, 2.45) is 0 Å². The van der Waals surface area contributed by atoms with Crippen molar-refractivity contribution < 1.29 is 13.5 Å². The van der Waals surface area contributed by atoms with Crippen molar-refractivity contribution in [2.45, 2.75) is 59.8 Å².